The SMILES string of the molecule is C=CN(C=N)C1CCC(Nc2ncnc3sc4ccc(S(=O)(=O)N(C=C)C=N)cc4c23)CC1. The number of sulfonamides is 1. The minimum atomic E-state index is -3.91. The van der Waals surface area contributed by atoms with Crippen molar-refractivity contribution in [3.05, 3.63) is 50.1 Å². The van der Waals surface area contributed by atoms with Crippen LogP contribution in [0.1, 0.15) is 25.7 Å². The van der Waals surface area contributed by atoms with Crippen molar-refractivity contribution in [1.82, 2.24) is 19.2 Å². The zero-order chi connectivity index (χ0) is 23.6. The van der Waals surface area contributed by atoms with Gasteiger partial charge < -0.3 is 10.2 Å². The first kappa shape index (κ1) is 22.9. The third kappa shape index (κ3) is 4.21. The van der Waals surface area contributed by atoms with Crippen LogP contribution < -0.4 is 5.32 Å². The van der Waals surface area contributed by atoms with Gasteiger partial charge >= 0.3 is 0 Å². The van der Waals surface area contributed by atoms with Crippen molar-refractivity contribution in [1.29, 1.82) is 10.8 Å². The van der Waals surface area contributed by atoms with E-state index in [0.29, 0.717) is 5.82 Å². The highest BCUT2D eigenvalue weighted by atomic mass is 32.2. The Hall–Kier alpha value is -3.31. The van der Waals surface area contributed by atoms with Crippen molar-refractivity contribution in [3.8, 4) is 0 Å². The van der Waals surface area contributed by atoms with Gasteiger partial charge in [-0.15, -0.1) is 11.3 Å². The molecule has 11 heteroatoms. The Balaban J connectivity index is 1.67. The van der Waals surface area contributed by atoms with E-state index in [1.165, 1.54) is 30.1 Å². The van der Waals surface area contributed by atoms with Gasteiger partial charge in [0.05, 0.1) is 16.6 Å². The zero-order valence-corrected chi connectivity index (χ0v) is 19.6. The summed E-state index contributed by atoms with van der Waals surface area (Å²) in [5.41, 5.74) is 0. The molecule has 0 saturated heterocycles. The maximum atomic E-state index is 12.9. The van der Waals surface area contributed by atoms with Crippen molar-refractivity contribution >= 4 is 60.2 Å². The summed E-state index contributed by atoms with van der Waals surface area (Å²) in [7, 11) is -3.91. The molecule has 0 amide bonds. The average Bonchev–Trinajstić information content (AvgIpc) is 3.20. The maximum Gasteiger partial charge on any atom is 0.268 e. The normalized spacial score (nSPS) is 18.5. The highest BCUT2D eigenvalue weighted by Gasteiger charge is 2.26. The van der Waals surface area contributed by atoms with Gasteiger partial charge in [0.1, 0.15) is 23.3 Å². The smallest absolute Gasteiger partial charge is 0.268 e. The molecule has 0 spiro atoms. The van der Waals surface area contributed by atoms with E-state index in [1.54, 1.807) is 18.3 Å². The summed E-state index contributed by atoms with van der Waals surface area (Å²) in [6.45, 7) is 7.26. The number of hydrogen-bond donors (Lipinski definition) is 3. The minimum absolute atomic E-state index is 0.0737. The highest BCUT2D eigenvalue weighted by molar-refractivity contribution is 7.89. The van der Waals surface area contributed by atoms with E-state index in [4.69, 9.17) is 10.8 Å². The molecular weight excluding hydrogens is 458 g/mol. The molecule has 0 bridgehead atoms. The summed E-state index contributed by atoms with van der Waals surface area (Å²) in [5, 5.41) is 20.0. The van der Waals surface area contributed by atoms with Gasteiger partial charge in [-0.3, -0.25) is 10.8 Å². The molecule has 1 aliphatic rings. The second-order valence-corrected chi connectivity index (χ2v) is 10.6. The fraction of sp³-hybridized carbons (Fsp3) is 0.273. The van der Waals surface area contributed by atoms with Gasteiger partial charge in [-0.2, -0.15) is 0 Å². The van der Waals surface area contributed by atoms with E-state index in [-0.39, 0.29) is 17.0 Å². The zero-order valence-electron chi connectivity index (χ0n) is 17.9. The fourth-order valence-corrected chi connectivity index (χ4v) is 6.33. The second kappa shape index (κ2) is 9.28. The van der Waals surface area contributed by atoms with Gasteiger partial charge in [-0.1, -0.05) is 13.2 Å². The predicted octanol–water partition coefficient (Wildman–Crippen LogP) is 4.36. The molecule has 2 aromatic heterocycles. The molecule has 4 rings (SSSR count). The number of nitrogens with one attached hydrogen (secondary N) is 3. The maximum absolute atomic E-state index is 12.9. The van der Waals surface area contributed by atoms with Crippen molar-refractivity contribution in [2.45, 2.75) is 42.7 Å². The molecule has 9 nitrogen and oxygen atoms in total. The predicted molar refractivity (Wildman–Crippen MR) is 133 cm³/mol. The van der Waals surface area contributed by atoms with Gasteiger partial charge in [-0.25, -0.2) is 22.7 Å². The average molecular weight is 484 g/mol. The van der Waals surface area contributed by atoms with E-state index < -0.39 is 10.0 Å². The molecule has 172 valence electrons. The molecule has 1 aliphatic carbocycles. The van der Waals surface area contributed by atoms with Crippen LogP contribution >= 0.6 is 11.3 Å². The van der Waals surface area contributed by atoms with Crippen LogP contribution in [0.3, 0.4) is 0 Å². The standard InChI is InChI=1S/C22H25N7O2S2/c1-3-28(12-23)16-7-5-15(6-8-16)27-21-20-18-11-17(33(30,31)29(4-2)13-24)9-10-19(18)32-22(20)26-14-25-21/h3-4,9-16,23-24H,1-2,5-8H2,(H,25,26,27). The first-order chi connectivity index (χ1) is 15.9. The number of aromatic nitrogens is 2. The third-order valence-electron chi connectivity index (χ3n) is 5.94. The Labute approximate surface area is 196 Å². The molecule has 1 saturated carbocycles. The summed E-state index contributed by atoms with van der Waals surface area (Å²) in [5.74, 6) is 0.685. The lowest BCUT2D eigenvalue weighted by Gasteiger charge is -2.34. The first-order valence-electron chi connectivity index (χ1n) is 10.4. The van der Waals surface area contributed by atoms with Crippen LogP contribution in [-0.2, 0) is 10.0 Å². The van der Waals surface area contributed by atoms with E-state index in [9.17, 15) is 8.42 Å². The first-order valence-corrected chi connectivity index (χ1v) is 12.7. The van der Waals surface area contributed by atoms with E-state index >= 15 is 0 Å². The van der Waals surface area contributed by atoms with E-state index in [0.717, 1.165) is 62.8 Å². The Morgan fingerprint density at radius 2 is 1.85 bits per heavy atom. The number of thiophene rings is 1. The van der Waals surface area contributed by atoms with Gasteiger partial charge in [0.15, 0.2) is 0 Å². The van der Waals surface area contributed by atoms with Crippen molar-refractivity contribution in [2.75, 3.05) is 5.32 Å². The number of rotatable bonds is 9. The monoisotopic (exact) mass is 483 g/mol. The summed E-state index contributed by atoms with van der Waals surface area (Å²) >= 11 is 1.48. The molecule has 3 aromatic rings. The van der Waals surface area contributed by atoms with Crippen molar-refractivity contribution in [3.63, 3.8) is 0 Å². The number of benzene rings is 1. The summed E-state index contributed by atoms with van der Waals surface area (Å²) in [4.78, 5) is 11.6. The number of anilines is 1. The Bertz CT molecular complexity index is 1310. The molecule has 33 heavy (non-hydrogen) atoms. The summed E-state index contributed by atoms with van der Waals surface area (Å²) in [6, 6.07) is 5.40. The van der Waals surface area contributed by atoms with E-state index in [1.807, 2.05) is 4.90 Å². The molecule has 1 aromatic carbocycles. The highest BCUT2D eigenvalue weighted by Crippen LogP contribution is 2.38. The number of nitrogens with zero attached hydrogens (tertiary/aromatic N) is 4. The lowest BCUT2D eigenvalue weighted by Crippen LogP contribution is -2.36. The van der Waals surface area contributed by atoms with Crippen LogP contribution in [0.15, 0.2) is 55.0 Å². The lowest BCUT2D eigenvalue weighted by atomic mass is 9.90. The molecule has 3 N–H and O–H groups in total. The van der Waals surface area contributed by atoms with Gasteiger partial charge in [0.25, 0.3) is 10.0 Å². The number of fused-ring (bicyclic) bond motifs is 3. The second-order valence-electron chi connectivity index (χ2n) is 7.72. The van der Waals surface area contributed by atoms with Crippen LogP contribution in [0.4, 0.5) is 5.82 Å². The van der Waals surface area contributed by atoms with Crippen LogP contribution in [0, 0.1) is 10.8 Å². The Morgan fingerprint density at radius 1 is 1.09 bits per heavy atom. The molecular formula is C22H25N7O2S2. The summed E-state index contributed by atoms with van der Waals surface area (Å²) in [6.07, 6.45) is 10.0. The van der Waals surface area contributed by atoms with Gasteiger partial charge in [0.2, 0.25) is 0 Å². The largest absolute Gasteiger partial charge is 0.367 e. The van der Waals surface area contributed by atoms with Gasteiger partial charge in [-0.05, 0) is 50.1 Å². The Kier molecular flexibility index (Phi) is 6.43. The van der Waals surface area contributed by atoms with Crippen molar-refractivity contribution in [2.24, 2.45) is 0 Å². The molecule has 0 radical (unpaired) electrons. The van der Waals surface area contributed by atoms with Crippen LogP contribution in [-0.4, -0.2) is 52.4 Å². The number of hydrogen-bond acceptors (Lipinski definition) is 8. The topological polar surface area (TPSA) is 126 Å². The van der Waals surface area contributed by atoms with E-state index in [2.05, 4.69) is 28.4 Å². The van der Waals surface area contributed by atoms with Crippen LogP contribution in [0.5, 0.6) is 0 Å². The Morgan fingerprint density at radius 3 is 2.48 bits per heavy atom. The lowest BCUT2D eigenvalue weighted by molar-refractivity contribution is 0.292. The van der Waals surface area contributed by atoms with Crippen molar-refractivity contribution < 1.29 is 8.42 Å². The third-order valence-corrected chi connectivity index (χ3v) is 8.68. The molecule has 0 aliphatic heterocycles. The molecule has 0 unspecified atom stereocenters. The minimum Gasteiger partial charge on any atom is -0.367 e. The fourth-order valence-electron chi connectivity index (χ4n) is 4.22. The molecule has 0 atom stereocenters. The summed E-state index contributed by atoms with van der Waals surface area (Å²) < 4.78 is 27.4. The van der Waals surface area contributed by atoms with Gasteiger partial charge in [0, 0.05) is 28.4 Å². The molecule has 2 heterocycles. The van der Waals surface area contributed by atoms with Crippen LogP contribution in [0.2, 0.25) is 0 Å². The van der Waals surface area contributed by atoms with Crippen LogP contribution in [0.25, 0.3) is 20.3 Å². The molecule has 1 fully saturated rings. The quantitative estimate of drug-likeness (QED) is 0.307.